The number of hydrogen-bond acceptors (Lipinski definition) is 2. The van der Waals surface area contributed by atoms with E-state index in [0.717, 1.165) is 25.7 Å². The lowest BCUT2D eigenvalue weighted by Crippen LogP contribution is -2.33. The molecule has 6 heteroatoms. The van der Waals surface area contributed by atoms with Crippen LogP contribution in [0.3, 0.4) is 0 Å². The fourth-order valence-electron chi connectivity index (χ4n) is 1.34. The van der Waals surface area contributed by atoms with Crippen LogP contribution >= 0.6 is 23.2 Å². The van der Waals surface area contributed by atoms with Gasteiger partial charge in [-0.05, 0) is 12.8 Å². The van der Waals surface area contributed by atoms with Crippen LogP contribution in [0.15, 0.2) is 10.1 Å². The molecule has 0 saturated carbocycles. The minimum atomic E-state index is -1.39. The molecular weight excluding hydrogens is 277 g/mol. The van der Waals surface area contributed by atoms with Gasteiger partial charge in [0, 0.05) is 13.1 Å². The van der Waals surface area contributed by atoms with Crippen LogP contribution in [0.25, 0.3) is 0 Å². The molecule has 0 aliphatic heterocycles. The molecule has 0 aromatic heterocycles. The van der Waals surface area contributed by atoms with E-state index >= 15 is 0 Å². The molecule has 0 atom stereocenters. The molecule has 1 amide bonds. The van der Waals surface area contributed by atoms with Crippen molar-refractivity contribution in [1.82, 2.24) is 4.90 Å². The van der Waals surface area contributed by atoms with Crippen molar-refractivity contribution < 1.29 is 14.7 Å². The monoisotopic (exact) mass is 295 g/mol. The minimum Gasteiger partial charge on any atom is -0.477 e. The number of halogens is 2. The molecule has 0 aromatic rings. The van der Waals surface area contributed by atoms with Crippen LogP contribution in [0.2, 0.25) is 0 Å². The highest BCUT2D eigenvalue weighted by atomic mass is 35.5. The summed E-state index contributed by atoms with van der Waals surface area (Å²) >= 11 is 11.2. The average molecular weight is 296 g/mol. The molecular formula is C12H19Cl2NO3. The van der Waals surface area contributed by atoms with Crippen LogP contribution in [0.1, 0.15) is 39.5 Å². The Morgan fingerprint density at radius 3 is 1.78 bits per heavy atom. The summed E-state index contributed by atoms with van der Waals surface area (Å²) in [5.41, 5.74) is 0. The van der Waals surface area contributed by atoms with Crippen molar-refractivity contribution in [3.05, 3.63) is 10.1 Å². The second kappa shape index (κ2) is 9.22. The Hall–Kier alpha value is -0.740. The third kappa shape index (κ3) is 5.74. The van der Waals surface area contributed by atoms with E-state index in [-0.39, 0.29) is 0 Å². The smallest absolute Gasteiger partial charge is 0.349 e. The summed E-state index contributed by atoms with van der Waals surface area (Å²) in [6, 6.07) is 0. The van der Waals surface area contributed by atoms with Gasteiger partial charge in [0.1, 0.15) is 10.1 Å². The van der Waals surface area contributed by atoms with Gasteiger partial charge in [-0.2, -0.15) is 0 Å². The zero-order valence-corrected chi connectivity index (χ0v) is 12.2. The standard InChI is InChI=1S/C12H19Cl2NO3/c1-3-5-7-15(8-6-4-2)11(16)9(13)10(14)12(17)18/h3-8H2,1-2H3,(H,17,18)/b10-9-. The van der Waals surface area contributed by atoms with Gasteiger partial charge in [-0.25, -0.2) is 4.79 Å². The number of unbranched alkanes of at least 4 members (excludes halogenated alkanes) is 2. The van der Waals surface area contributed by atoms with Gasteiger partial charge in [0.25, 0.3) is 5.91 Å². The second-order valence-corrected chi connectivity index (χ2v) is 4.69. The Bertz CT molecular complexity index is 321. The van der Waals surface area contributed by atoms with Crippen LogP contribution < -0.4 is 0 Å². The fourth-order valence-corrected chi connectivity index (χ4v) is 1.62. The quantitative estimate of drug-likeness (QED) is 0.700. The molecule has 0 aliphatic carbocycles. The van der Waals surface area contributed by atoms with E-state index in [2.05, 4.69) is 0 Å². The largest absolute Gasteiger partial charge is 0.477 e. The van der Waals surface area contributed by atoms with E-state index in [1.165, 1.54) is 0 Å². The van der Waals surface area contributed by atoms with Crippen LogP contribution in [-0.4, -0.2) is 35.0 Å². The molecule has 0 fully saturated rings. The lowest BCUT2D eigenvalue weighted by molar-refractivity contribution is -0.133. The predicted molar refractivity (Wildman–Crippen MR) is 72.8 cm³/mol. The first kappa shape index (κ1) is 17.3. The van der Waals surface area contributed by atoms with Gasteiger partial charge in [0.05, 0.1) is 0 Å². The number of aliphatic carboxylic acids is 1. The minimum absolute atomic E-state index is 0.420. The Morgan fingerprint density at radius 1 is 1.00 bits per heavy atom. The molecule has 0 saturated heterocycles. The number of amides is 1. The summed E-state index contributed by atoms with van der Waals surface area (Å²) < 4.78 is 0. The van der Waals surface area contributed by atoms with Crippen LogP contribution in [0.5, 0.6) is 0 Å². The van der Waals surface area contributed by atoms with Gasteiger partial charge in [0.2, 0.25) is 0 Å². The summed E-state index contributed by atoms with van der Waals surface area (Å²) in [5, 5.41) is 7.64. The van der Waals surface area contributed by atoms with Crippen LogP contribution in [0.4, 0.5) is 0 Å². The number of carbonyl (C=O) groups is 2. The van der Waals surface area contributed by atoms with E-state index < -0.39 is 21.9 Å². The van der Waals surface area contributed by atoms with Gasteiger partial charge in [-0.1, -0.05) is 49.9 Å². The lowest BCUT2D eigenvalue weighted by atomic mass is 10.2. The van der Waals surface area contributed by atoms with Crippen LogP contribution in [0, 0.1) is 0 Å². The number of hydrogen-bond donors (Lipinski definition) is 1. The Kier molecular flexibility index (Phi) is 8.85. The number of carboxylic acid groups (broad SMARTS) is 1. The van der Waals surface area contributed by atoms with Gasteiger partial charge in [-0.15, -0.1) is 0 Å². The maximum Gasteiger partial charge on any atom is 0.349 e. The molecule has 18 heavy (non-hydrogen) atoms. The molecule has 1 N–H and O–H groups in total. The molecule has 0 aromatic carbocycles. The van der Waals surface area contributed by atoms with E-state index in [1.807, 2.05) is 13.8 Å². The number of carbonyl (C=O) groups excluding carboxylic acids is 1. The van der Waals surface area contributed by atoms with Crippen molar-refractivity contribution >= 4 is 35.1 Å². The lowest BCUT2D eigenvalue weighted by Gasteiger charge is -2.22. The summed E-state index contributed by atoms with van der Waals surface area (Å²) in [7, 11) is 0. The molecule has 0 bridgehead atoms. The molecule has 0 spiro atoms. The highest BCUT2D eigenvalue weighted by Crippen LogP contribution is 2.17. The first-order valence-corrected chi connectivity index (χ1v) is 6.79. The summed E-state index contributed by atoms with van der Waals surface area (Å²) in [6.07, 6.45) is 3.60. The summed E-state index contributed by atoms with van der Waals surface area (Å²) in [5.74, 6) is -1.90. The fraction of sp³-hybridized carbons (Fsp3) is 0.667. The Balaban J connectivity index is 4.82. The van der Waals surface area contributed by atoms with E-state index in [1.54, 1.807) is 4.90 Å². The second-order valence-electron chi connectivity index (χ2n) is 3.93. The number of carboxylic acids is 1. The third-order valence-corrected chi connectivity index (χ3v) is 3.22. The van der Waals surface area contributed by atoms with Crippen molar-refractivity contribution in [2.24, 2.45) is 0 Å². The van der Waals surface area contributed by atoms with Crippen molar-refractivity contribution in [2.45, 2.75) is 39.5 Å². The Morgan fingerprint density at radius 2 is 1.44 bits per heavy atom. The highest BCUT2D eigenvalue weighted by molar-refractivity contribution is 6.53. The third-order valence-electron chi connectivity index (χ3n) is 2.42. The number of rotatable bonds is 8. The molecule has 0 aliphatic rings. The SMILES string of the molecule is CCCCN(CCCC)C(=O)/C(Cl)=C(/Cl)C(=O)O. The highest BCUT2D eigenvalue weighted by Gasteiger charge is 2.22. The first-order chi connectivity index (χ1) is 8.45. The van der Waals surface area contributed by atoms with Gasteiger partial charge in [0.15, 0.2) is 0 Å². The van der Waals surface area contributed by atoms with Crippen molar-refractivity contribution in [2.75, 3.05) is 13.1 Å². The summed E-state index contributed by atoms with van der Waals surface area (Å²) in [4.78, 5) is 24.2. The van der Waals surface area contributed by atoms with Gasteiger partial charge in [-0.3, -0.25) is 4.79 Å². The molecule has 0 heterocycles. The number of nitrogens with zero attached hydrogens (tertiary/aromatic N) is 1. The molecule has 0 unspecified atom stereocenters. The van der Waals surface area contributed by atoms with E-state index in [0.29, 0.717) is 13.1 Å². The van der Waals surface area contributed by atoms with Crippen molar-refractivity contribution in [3.8, 4) is 0 Å². The van der Waals surface area contributed by atoms with Crippen molar-refractivity contribution in [3.63, 3.8) is 0 Å². The molecule has 4 nitrogen and oxygen atoms in total. The first-order valence-electron chi connectivity index (χ1n) is 6.03. The summed E-state index contributed by atoms with van der Waals surface area (Å²) in [6.45, 7) is 5.17. The van der Waals surface area contributed by atoms with Crippen LogP contribution in [-0.2, 0) is 9.59 Å². The molecule has 0 radical (unpaired) electrons. The zero-order valence-electron chi connectivity index (χ0n) is 10.7. The molecule has 104 valence electrons. The zero-order chi connectivity index (χ0) is 14.1. The average Bonchev–Trinajstić information content (AvgIpc) is 2.36. The maximum absolute atomic E-state index is 12.0. The van der Waals surface area contributed by atoms with Gasteiger partial charge >= 0.3 is 5.97 Å². The maximum atomic E-state index is 12.0. The van der Waals surface area contributed by atoms with E-state index in [4.69, 9.17) is 28.3 Å². The molecule has 0 rings (SSSR count). The van der Waals surface area contributed by atoms with E-state index in [9.17, 15) is 9.59 Å². The Labute approximate surface area is 118 Å². The predicted octanol–water partition coefficient (Wildman–Crippen LogP) is 3.19. The topological polar surface area (TPSA) is 57.6 Å². The van der Waals surface area contributed by atoms with Gasteiger partial charge < -0.3 is 10.0 Å². The normalized spacial score (nSPS) is 12.0. The van der Waals surface area contributed by atoms with Crippen molar-refractivity contribution in [1.29, 1.82) is 0 Å².